The van der Waals surface area contributed by atoms with E-state index in [9.17, 15) is 0 Å². The molecule has 0 spiro atoms. The van der Waals surface area contributed by atoms with Gasteiger partial charge in [-0.1, -0.05) is 24.3 Å². The maximum Gasteiger partial charge on any atom is 0.0948 e. The van der Waals surface area contributed by atoms with Crippen molar-refractivity contribution in [3.63, 3.8) is 0 Å². The Bertz CT molecular complexity index is 460. The molecule has 0 atom stereocenters. The van der Waals surface area contributed by atoms with Crippen LogP contribution >= 0.6 is 0 Å². The van der Waals surface area contributed by atoms with E-state index in [0.717, 1.165) is 25.1 Å². The highest BCUT2D eigenvalue weighted by molar-refractivity contribution is 5.63. The molecule has 0 amide bonds. The Labute approximate surface area is 95.9 Å². The van der Waals surface area contributed by atoms with Crippen LogP contribution in [0.1, 0.15) is 12.0 Å². The van der Waals surface area contributed by atoms with E-state index in [1.165, 1.54) is 11.1 Å². The average molecular weight is 215 g/mol. The smallest absolute Gasteiger partial charge is 0.0948 e. The minimum absolute atomic E-state index is 0.736. The molecule has 3 heteroatoms. The third-order valence-electron chi connectivity index (χ3n) is 2.76. The highest BCUT2D eigenvalue weighted by atomic mass is 15.0. The van der Waals surface area contributed by atoms with E-state index in [4.69, 9.17) is 5.73 Å². The summed E-state index contributed by atoms with van der Waals surface area (Å²) >= 11 is 0. The number of nitrogens with two attached hydrogens (primary N) is 1. The Hall–Kier alpha value is -1.61. The molecule has 0 radical (unpaired) electrons. The van der Waals surface area contributed by atoms with Crippen molar-refractivity contribution in [2.24, 2.45) is 12.8 Å². The Balaban J connectivity index is 2.37. The maximum atomic E-state index is 5.56. The number of hydrogen-bond donors (Lipinski definition) is 1. The van der Waals surface area contributed by atoms with Crippen LogP contribution in [0, 0.1) is 0 Å². The van der Waals surface area contributed by atoms with Gasteiger partial charge >= 0.3 is 0 Å². The van der Waals surface area contributed by atoms with Crippen LogP contribution < -0.4 is 5.73 Å². The minimum atomic E-state index is 0.736. The molecule has 0 saturated heterocycles. The van der Waals surface area contributed by atoms with Gasteiger partial charge in [0, 0.05) is 12.6 Å². The SMILES string of the molecule is Cn1cncc1-c1ccccc1CCCN. The summed E-state index contributed by atoms with van der Waals surface area (Å²) in [6.45, 7) is 0.736. The zero-order valence-electron chi connectivity index (χ0n) is 9.56. The van der Waals surface area contributed by atoms with Crippen LogP contribution in [-0.4, -0.2) is 16.1 Å². The van der Waals surface area contributed by atoms with E-state index in [0.29, 0.717) is 0 Å². The summed E-state index contributed by atoms with van der Waals surface area (Å²) in [6, 6.07) is 8.45. The molecule has 84 valence electrons. The van der Waals surface area contributed by atoms with Crippen LogP contribution in [0.5, 0.6) is 0 Å². The second-order valence-corrected chi connectivity index (χ2v) is 3.94. The highest BCUT2D eigenvalue weighted by Gasteiger charge is 2.06. The third kappa shape index (κ3) is 2.14. The fraction of sp³-hybridized carbons (Fsp3) is 0.308. The Morgan fingerprint density at radius 3 is 2.81 bits per heavy atom. The van der Waals surface area contributed by atoms with Crippen LogP contribution in [0.25, 0.3) is 11.3 Å². The van der Waals surface area contributed by atoms with Gasteiger partial charge in [-0.25, -0.2) is 4.98 Å². The van der Waals surface area contributed by atoms with E-state index >= 15 is 0 Å². The minimum Gasteiger partial charge on any atom is -0.334 e. The number of aryl methyl sites for hydroxylation is 2. The molecule has 0 fully saturated rings. The number of benzene rings is 1. The quantitative estimate of drug-likeness (QED) is 0.847. The van der Waals surface area contributed by atoms with E-state index < -0.39 is 0 Å². The van der Waals surface area contributed by atoms with Gasteiger partial charge in [-0.05, 0) is 24.9 Å². The monoisotopic (exact) mass is 215 g/mol. The van der Waals surface area contributed by atoms with Crippen LogP contribution in [-0.2, 0) is 13.5 Å². The van der Waals surface area contributed by atoms with Crippen molar-refractivity contribution < 1.29 is 0 Å². The summed E-state index contributed by atoms with van der Waals surface area (Å²) in [5.74, 6) is 0. The van der Waals surface area contributed by atoms with Gasteiger partial charge in [-0.3, -0.25) is 0 Å². The molecule has 0 aliphatic heterocycles. The standard InChI is InChI=1S/C13H17N3/c1-16-10-15-9-13(16)12-7-3-2-5-11(12)6-4-8-14/h2-3,5,7,9-10H,4,6,8,14H2,1H3. The summed E-state index contributed by atoms with van der Waals surface area (Å²) in [6.07, 6.45) is 5.78. The first-order valence-electron chi connectivity index (χ1n) is 5.57. The number of rotatable bonds is 4. The lowest BCUT2D eigenvalue weighted by molar-refractivity contribution is 0.831. The lowest BCUT2D eigenvalue weighted by Crippen LogP contribution is -2.02. The van der Waals surface area contributed by atoms with E-state index in [-0.39, 0.29) is 0 Å². The molecule has 2 rings (SSSR count). The Kier molecular flexibility index (Phi) is 3.37. The molecule has 0 saturated carbocycles. The predicted molar refractivity (Wildman–Crippen MR) is 66.0 cm³/mol. The van der Waals surface area contributed by atoms with Crippen molar-refractivity contribution >= 4 is 0 Å². The van der Waals surface area contributed by atoms with Gasteiger partial charge in [0.2, 0.25) is 0 Å². The van der Waals surface area contributed by atoms with Crippen LogP contribution in [0.2, 0.25) is 0 Å². The Morgan fingerprint density at radius 2 is 2.12 bits per heavy atom. The summed E-state index contributed by atoms with van der Waals surface area (Å²) in [5, 5.41) is 0. The fourth-order valence-corrected chi connectivity index (χ4v) is 1.90. The van der Waals surface area contributed by atoms with Crippen molar-refractivity contribution in [2.75, 3.05) is 6.54 Å². The largest absolute Gasteiger partial charge is 0.334 e. The first-order valence-corrected chi connectivity index (χ1v) is 5.57. The summed E-state index contributed by atoms with van der Waals surface area (Å²) in [5.41, 5.74) is 9.32. The molecule has 1 heterocycles. The maximum absolute atomic E-state index is 5.56. The fourth-order valence-electron chi connectivity index (χ4n) is 1.90. The van der Waals surface area contributed by atoms with Gasteiger partial charge in [0.05, 0.1) is 18.2 Å². The molecule has 0 bridgehead atoms. The lowest BCUT2D eigenvalue weighted by Gasteiger charge is -2.09. The van der Waals surface area contributed by atoms with E-state index in [1.807, 2.05) is 24.1 Å². The molecular weight excluding hydrogens is 198 g/mol. The average Bonchev–Trinajstić information content (AvgIpc) is 2.73. The van der Waals surface area contributed by atoms with E-state index in [1.54, 1.807) is 0 Å². The second kappa shape index (κ2) is 4.94. The van der Waals surface area contributed by atoms with Gasteiger partial charge in [0.15, 0.2) is 0 Å². The molecule has 1 aromatic carbocycles. The zero-order valence-corrected chi connectivity index (χ0v) is 9.56. The van der Waals surface area contributed by atoms with Gasteiger partial charge in [-0.15, -0.1) is 0 Å². The molecule has 0 aliphatic carbocycles. The normalized spacial score (nSPS) is 10.6. The van der Waals surface area contributed by atoms with Crippen molar-refractivity contribution in [1.29, 1.82) is 0 Å². The van der Waals surface area contributed by atoms with Gasteiger partial charge in [0.25, 0.3) is 0 Å². The number of hydrogen-bond acceptors (Lipinski definition) is 2. The first kappa shape index (κ1) is 10.9. The van der Waals surface area contributed by atoms with Crippen molar-refractivity contribution in [1.82, 2.24) is 9.55 Å². The molecular formula is C13H17N3. The van der Waals surface area contributed by atoms with Crippen molar-refractivity contribution in [3.8, 4) is 11.3 Å². The van der Waals surface area contributed by atoms with Crippen molar-refractivity contribution in [2.45, 2.75) is 12.8 Å². The van der Waals surface area contributed by atoms with Gasteiger partial charge < -0.3 is 10.3 Å². The zero-order chi connectivity index (χ0) is 11.4. The Morgan fingerprint density at radius 1 is 1.31 bits per heavy atom. The lowest BCUT2D eigenvalue weighted by atomic mass is 10.0. The molecule has 1 aromatic heterocycles. The van der Waals surface area contributed by atoms with Crippen molar-refractivity contribution in [3.05, 3.63) is 42.4 Å². The highest BCUT2D eigenvalue weighted by Crippen LogP contribution is 2.23. The topological polar surface area (TPSA) is 43.8 Å². The van der Waals surface area contributed by atoms with Crippen LogP contribution in [0.15, 0.2) is 36.8 Å². The number of aromatic nitrogens is 2. The molecule has 3 nitrogen and oxygen atoms in total. The first-order chi connectivity index (χ1) is 7.83. The predicted octanol–water partition coefficient (Wildman–Crippen LogP) is 1.98. The van der Waals surface area contributed by atoms with E-state index in [2.05, 4.69) is 29.2 Å². The molecule has 2 N–H and O–H groups in total. The molecule has 16 heavy (non-hydrogen) atoms. The summed E-state index contributed by atoms with van der Waals surface area (Å²) in [7, 11) is 2.02. The molecule has 0 aliphatic rings. The number of imidazole rings is 1. The summed E-state index contributed by atoms with van der Waals surface area (Å²) < 4.78 is 2.04. The van der Waals surface area contributed by atoms with Crippen LogP contribution in [0.4, 0.5) is 0 Å². The third-order valence-corrected chi connectivity index (χ3v) is 2.76. The molecule has 0 unspecified atom stereocenters. The van der Waals surface area contributed by atoms with Gasteiger partial charge in [-0.2, -0.15) is 0 Å². The number of nitrogens with zero attached hydrogens (tertiary/aromatic N) is 2. The van der Waals surface area contributed by atoms with Crippen LogP contribution in [0.3, 0.4) is 0 Å². The second-order valence-electron chi connectivity index (χ2n) is 3.94. The summed E-state index contributed by atoms with van der Waals surface area (Å²) in [4.78, 5) is 4.16. The molecule has 2 aromatic rings. The van der Waals surface area contributed by atoms with Gasteiger partial charge in [0.1, 0.15) is 0 Å².